The number of allylic oxidation sites excluding steroid dienone is 5. The van der Waals surface area contributed by atoms with E-state index in [2.05, 4.69) is 101 Å². The van der Waals surface area contributed by atoms with Crippen molar-refractivity contribution in [2.45, 2.75) is 165 Å². The first kappa shape index (κ1) is 60.3. The molecule has 1 amide bonds. The Hall–Kier alpha value is -4.56. The maximum absolute atomic E-state index is 14.7. The fourth-order valence-corrected chi connectivity index (χ4v) is 11.0. The van der Waals surface area contributed by atoms with Crippen LogP contribution in [-0.2, 0) is 41.4 Å². The number of nitrogens with zero attached hydrogens (tertiary/aromatic N) is 3. The topological polar surface area (TPSA) is 151 Å². The number of ether oxygens (including phenoxy) is 3. The minimum Gasteiger partial charge on any atom is -0.664 e. The monoisotopic (exact) mass is 1020 g/mol. The first-order valence-corrected chi connectivity index (χ1v) is 27.6. The molecule has 2 aromatic rings. The van der Waals surface area contributed by atoms with Crippen molar-refractivity contribution >= 4 is 74.2 Å². The number of carbonyl (C=O) groups is 3. The normalized spacial score (nSPS) is 17.5. The second-order valence-electron chi connectivity index (χ2n) is 21.8. The van der Waals surface area contributed by atoms with Crippen LogP contribution in [0.4, 0.5) is 0 Å². The Bertz CT molecular complexity index is 2600. The summed E-state index contributed by atoms with van der Waals surface area (Å²) in [6.45, 7) is 30.4. The molecule has 4 atom stereocenters. The molecule has 4 unspecified atom stereocenters. The van der Waals surface area contributed by atoms with Gasteiger partial charge < -0.3 is 29.5 Å². The molecule has 4 aliphatic rings. The van der Waals surface area contributed by atoms with E-state index in [1.54, 1.807) is 0 Å². The second-order valence-corrected chi connectivity index (χ2v) is 21.8. The van der Waals surface area contributed by atoms with Gasteiger partial charge in [-0.2, -0.15) is 0 Å². The Morgan fingerprint density at radius 2 is 1.53 bits per heavy atom. The third-order valence-electron chi connectivity index (χ3n) is 15.8. The number of amides is 1. The quantitative estimate of drug-likeness (QED) is 0.0582. The van der Waals surface area contributed by atoms with Crippen molar-refractivity contribution in [1.82, 2.24) is 20.2 Å². The van der Waals surface area contributed by atoms with Crippen molar-refractivity contribution in [3.8, 4) is 0 Å². The van der Waals surface area contributed by atoms with Gasteiger partial charge in [0.25, 0.3) is 5.91 Å². The molecule has 6 rings (SSSR count). The van der Waals surface area contributed by atoms with Crippen molar-refractivity contribution in [2.24, 2.45) is 17.8 Å². The molecule has 0 radical (unpaired) electrons. The van der Waals surface area contributed by atoms with Gasteiger partial charge in [0, 0.05) is 49.3 Å². The predicted molar refractivity (Wildman–Crippen MR) is 299 cm³/mol. The number of aryl methyl sites for hydroxylation is 2. The summed E-state index contributed by atoms with van der Waals surface area (Å²) >= 11 is 0. The van der Waals surface area contributed by atoms with E-state index >= 15 is 0 Å². The van der Waals surface area contributed by atoms with E-state index in [9.17, 15) is 14.4 Å². The van der Waals surface area contributed by atoms with Gasteiger partial charge in [0.15, 0.2) is 0 Å². The minimum atomic E-state index is -0.469. The number of fused-ring (bicyclic) bond motifs is 8. The van der Waals surface area contributed by atoms with E-state index in [0.717, 1.165) is 100 Å². The van der Waals surface area contributed by atoms with Gasteiger partial charge in [-0.25, -0.2) is 9.97 Å². The van der Waals surface area contributed by atoms with Crippen molar-refractivity contribution in [3.05, 3.63) is 93.4 Å². The van der Waals surface area contributed by atoms with Crippen LogP contribution in [0.15, 0.2) is 42.5 Å². The van der Waals surface area contributed by atoms with Crippen LogP contribution in [0.25, 0.3) is 33.3 Å². The Morgan fingerprint density at radius 3 is 2.19 bits per heavy atom. The van der Waals surface area contributed by atoms with Crippen molar-refractivity contribution < 1.29 is 38.6 Å². The Labute approximate surface area is 459 Å². The molecule has 12 nitrogen and oxygen atoms in total. The molecular formula is C61H88MgN6O6+2. The number of nitrogens with one attached hydrogen (secondary N) is 3. The SMILES string of the molecule is C=CC1=C(C)c2cc3[n-]c(c(CC(=O)OC)c4[nH+]c(cc5[n-]c(cc1[nH+]2)c(C)c5CC)C(C)=C4C(=O)NCCN1CCOCC1)C(CCC(=O)OCC=C(C)CCCC(C)CCCC(C)CCCC(C)C)C3C.[Mg+2]. The number of aromatic amines is 2. The van der Waals surface area contributed by atoms with Crippen molar-refractivity contribution in [2.75, 3.05) is 53.1 Å². The number of carbonyl (C=O) groups excluding carboxylic acids is 3. The number of esters is 2. The Balaban J connectivity index is 0.0000101. The van der Waals surface area contributed by atoms with E-state index < -0.39 is 5.97 Å². The van der Waals surface area contributed by atoms with Gasteiger partial charge in [-0.05, 0) is 107 Å². The van der Waals surface area contributed by atoms with Gasteiger partial charge in [-0.3, -0.25) is 19.3 Å². The number of methoxy groups -OCH3 is 1. The van der Waals surface area contributed by atoms with Gasteiger partial charge in [0.2, 0.25) is 22.8 Å². The molecule has 13 heteroatoms. The third-order valence-corrected chi connectivity index (χ3v) is 15.8. The summed E-state index contributed by atoms with van der Waals surface area (Å²) in [4.78, 5) is 62.1. The summed E-state index contributed by atoms with van der Waals surface area (Å²) in [6.07, 6.45) is 16.3. The molecule has 74 heavy (non-hydrogen) atoms. The number of rotatable bonds is 25. The molecule has 3 N–H and O–H groups in total. The summed E-state index contributed by atoms with van der Waals surface area (Å²) in [7, 11) is 1.37. The molecule has 0 aromatic carbocycles. The molecular weight excluding hydrogens is 937 g/mol. The predicted octanol–water partition coefficient (Wildman–Crippen LogP) is 10.4. The fourth-order valence-electron chi connectivity index (χ4n) is 11.0. The van der Waals surface area contributed by atoms with Gasteiger partial charge in [-0.15, -0.1) is 22.4 Å². The molecule has 2 aromatic heterocycles. The zero-order chi connectivity index (χ0) is 52.8. The molecule has 1 fully saturated rings. The zero-order valence-corrected chi connectivity index (χ0v) is 48.5. The van der Waals surface area contributed by atoms with Crippen molar-refractivity contribution in [3.63, 3.8) is 0 Å². The van der Waals surface area contributed by atoms with Crippen molar-refractivity contribution in [1.29, 1.82) is 0 Å². The maximum Gasteiger partial charge on any atom is 2.00 e. The third kappa shape index (κ3) is 16.0. The van der Waals surface area contributed by atoms with Crippen LogP contribution in [0.3, 0.4) is 0 Å². The number of morpholine rings is 1. The number of H-pyrrole nitrogens is 2. The zero-order valence-electron chi connectivity index (χ0n) is 47.1. The largest absolute Gasteiger partial charge is 2.00 e. The Morgan fingerprint density at radius 1 is 0.865 bits per heavy atom. The fraction of sp³-hybridized carbons (Fsp3) is 0.590. The molecule has 0 saturated carbocycles. The van der Waals surface area contributed by atoms with E-state index in [-0.39, 0.29) is 66.2 Å². The number of hydrogen-bond donors (Lipinski definition) is 1. The summed E-state index contributed by atoms with van der Waals surface area (Å²) in [5.74, 6) is 0.823. The van der Waals surface area contributed by atoms with E-state index in [1.807, 2.05) is 25.1 Å². The van der Waals surface area contributed by atoms with E-state index in [0.29, 0.717) is 66.9 Å². The van der Waals surface area contributed by atoms with Crippen LogP contribution in [0.1, 0.15) is 196 Å². The minimum absolute atomic E-state index is 0. The average molecular weight is 1030 g/mol. The summed E-state index contributed by atoms with van der Waals surface area (Å²) < 4.78 is 16.8. The van der Waals surface area contributed by atoms with Gasteiger partial charge in [-0.1, -0.05) is 116 Å². The van der Waals surface area contributed by atoms with Crippen LogP contribution in [0, 0.1) is 24.7 Å². The second kappa shape index (κ2) is 29.1. The van der Waals surface area contributed by atoms with Gasteiger partial charge in [0.1, 0.15) is 12.2 Å². The van der Waals surface area contributed by atoms with Crippen LogP contribution in [0.2, 0.25) is 0 Å². The molecule has 6 heterocycles. The number of aromatic nitrogens is 4. The molecule has 0 aliphatic carbocycles. The number of hydrogen-bond acceptors (Lipinski definition) is 7. The molecule has 398 valence electrons. The maximum atomic E-state index is 14.7. The first-order chi connectivity index (χ1) is 35.0. The smallest absolute Gasteiger partial charge is 0.664 e. The average Bonchev–Trinajstić information content (AvgIpc) is 4.05. The van der Waals surface area contributed by atoms with Crippen LogP contribution >= 0.6 is 0 Å². The van der Waals surface area contributed by atoms with Crippen LogP contribution in [-0.4, -0.2) is 98.9 Å². The summed E-state index contributed by atoms with van der Waals surface area (Å²) in [5, 5.41) is 3.20. The molecule has 1 saturated heterocycles. The summed E-state index contributed by atoms with van der Waals surface area (Å²) in [5.41, 5.74) is 13.2. The van der Waals surface area contributed by atoms with Crippen LogP contribution < -0.4 is 25.3 Å². The Kier molecular flexibility index (Phi) is 23.7. The van der Waals surface area contributed by atoms with E-state index in [1.165, 1.54) is 57.6 Å². The van der Waals surface area contributed by atoms with Crippen LogP contribution in [0.5, 0.6) is 0 Å². The van der Waals surface area contributed by atoms with E-state index in [4.69, 9.17) is 24.2 Å². The summed E-state index contributed by atoms with van der Waals surface area (Å²) in [6, 6.07) is 6.17. The first-order valence-electron chi connectivity index (χ1n) is 27.6. The van der Waals surface area contributed by atoms with Gasteiger partial charge in [0.05, 0.1) is 32.3 Å². The standard InChI is InChI=1S/C61H87N6O6.Mg/c1-13-46-42(8)50-35-52-44(10)48(24-25-56(68)73-31-26-41(7)23-17-22-40(6)21-16-20-39(5)19-15-18-38(3)4)59(65-52)49(34-57(69)71-12)60-58(61(70)62-27-28-67-29-32-72-33-30-67)45(11)53(66-60)37-55-47(14-2)43(9)51(64-55)36-54(46)63-50;/h13,26,35-40,44,48H,1,14-25,27-34H2,2-12H3,(H2-,62,63,64,65,66,70);/q-1;+2/p+1. The van der Waals surface area contributed by atoms with Gasteiger partial charge >= 0.3 is 35.0 Å². The molecule has 4 aliphatic heterocycles. The molecule has 8 bridgehead atoms. The molecule has 0 spiro atoms.